The molecule has 2 aromatic carbocycles. The number of benzene rings is 2. The fraction of sp³-hybridized carbons (Fsp3) is 0.263. The Kier molecular flexibility index (Phi) is 2.78. The zero-order chi connectivity index (χ0) is 14.4. The molecular weight excluding hydrogens is 256 g/mol. The maximum Gasteiger partial charge on any atom is 0.0753 e. The Morgan fingerprint density at radius 1 is 1.10 bits per heavy atom. The van der Waals surface area contributed by atoms with E-state index >= 15 is 0 Å². The summed E-state index contributed by atoms with van der Waals surface area (Å²) in [5, 5.41) is 3.71. The number of hydrogen-bond acceptors (Lipinski definition) is 2. The Morgan fingerprint density at radius 2 is 1.95 bits per heavy atom. The van der Waals surface area contributed by atoms with Crippen LogP contribution in [-0.4, -0.2) is 0 Å². The van der Waals surface area contributed by atoms with Gasteiger partial charge >= 0.3 is 0 Å². The highest BCUT2D eigenvalue weighted by Gasteiger charge is 2.29. The molecule has 1 aliphatic carbocycles. The van der Waals surface area contributed by atoms with Crippen LogP contribution < -0.4 is 11.1 Å². The van der Waals surface area contributed by atoms with Crippen molar-refractivity contribution in [1.82, 2.24) is 0 Å². The topological polar surface area (TPSA) is 38.0 Å². The summed E-state index contributed by atoms with van der Waals surface area (Å²) in [4.78, 5) is 0. The van der Waals surface area contributed by atoms with E-state index in [1.165, 1.54) is 28.7 Å². The van der Waals surface area contributed by atoms with Gasteiger partial charge in [-0.2, -0.15) is 0 Å². The molecule has 106 valence electrons. The van der Waals surface area contributed by atoms with Crippen molar-refractivity contribution in [3.63, 3.8) is 0 Å². The largest absolute Gasteiger partial charge is 0.398 e. The minimum Gasteiger partial charge on any atom is -0.398 e. The van der Waals surface area contributed by atoms with E-state index in [1.807, 2.05) is 0 Å². The third-order valence-electron chi connectivity index (χ3n) is 4.71. The van der Waals surface area contributed by atoms with E-state index in [1.54, 1.807) is 0 Å². The minimum atomic E-state index is 0.234. The van der Waals surface area contributed by atoms with E-state index in [9.17, 15) is 0 Å². The van der Waals surface area contributed by atoms with E-state index in [2.05, 4.69) is 54.7 Å². The number of anilines is 1. The average molecular weight is 276 g/mol. The smallest absolute Gasteiger partial charge is 0.0753 e. The van der Waals surface area contributed by atoms with Crippen LogP contribution in [0.4, 0.5) is 5.69 Å². The maximum atomic E-state index is 6.50. The highest BCUT2D eigenvalue weighted by molar-refractivity contribution is 5.81. The van der Waals surface area contributed by atoms with E-state index in [0.717, 1.165) is 29.8 Å². The number of fused-ring (bicyclic) bond motifs is 4. The lowest BCUT2D eigenvalue weighted by atomic mass is 9.88. The molecule has 1 unspecified atom stereocenters. The molecule has 2 nitrogen and oxygen atoms in total. The van der Waals surface area contributed by atoms with Gasteiger partial charge in [0.1, 0.15) is 0 Å². The molecule has 0 saturated heterocycles. The molecule has 0 radical (unpaired) electrons. The Hall–Kier alpha value is -2.22. The second-order valence-corrected chi connectivity index (χ2v) is 6.12. The second-order valence-electron chi connectivity index (χ2n) is 6.12. The van der Waals surface area contributed by atoms with Gasteiger partial charge in [0, 0.05) is 16.9 Å². The van der Waals surface area contributed by atoms with Crippen molar-refractivity contribution in [2.24, 2.45) is 5.73 Å². The van der Waals surface area contributed by atoms with Gasteiger partial charge in [0.2, 0.25) is 0 Å². The van der Waals surface area contributed by atoms with Gasteiger partial charge in [0.25, 0.3) is 0 Å². The summed E-state index contributed by atoms with van der Waals surface area (Å²) < 4.78 is 0. The number of nitrogens with one attached hydrogen (secondary N) is 1. The van der Waals surface area contributed by atoms with Gasteiger partial charge in [0.05, 0.1) is 6.04 Å². The van der Waals surface area contributed by atoms with Crippen LogP contribution in [0.25, 0.3) is 5.70 Å². The Labute approximate surface area is 125 Å². The van der Waals surface area contributed by atoms with Crippen molar-refractivity contribution in [1.29, 1.82) is 0 Å². The Morgan fingerprint density at radius 3 is 2.86 bits per heavy atom. The number of aryl methyl sites for hydroxylation is 2. The quantitative estimate of drug-likeness (QED) is 0.758. The summed E-state index contributed by atoms with van der Waals surface area (Å²) in [5.74, 6) is 0. The number of hydrogen-bond donors (Lipinski definition) is 2. The van der Waals surface area contributed by atoms with E-state index in [4.69, 9.17) is 5.73 Å². The number of rotatable bonds is 0. The van der Waals surface area contributed by atoms with Crippen molar-refractivity contribution < 1.29 is 0 Å². The van der Waals surface area contributed by atoms with Gasteiger partial charge in [-0.1, -0.05) is 42.0 Å². The fourth-order valence-electron chi connectivity index (χ4n) is 3.66. The molecule has 2 aliphatic rings. The first-order valence-electron chi connectivity index (χ1n) is 7.68. The van der Waals surface area contributed by atoms with Crippen LogP contribution in [0.15, 0.2) is 48.0 Å². The zero-order valence-electron chi connectivity index (χ0n) is 12.3. The van der Waals surface area contributed by atoms with Gasteiger partial charge in [-0.25, -0.2) is 0 Å². The average Bonchev–Trinajstić information content (AvgIpc) is 2.67. The van der Waals surface area contributed by atoms with Gasteiger partial charge in [-0.15, -0.1) is 0 Å². The molecule has 0 amide bonds. The molecular formula is C19H20N2. The summed E-state index contributed by atoms with van der Waals surface area (Å²) in [6.45, 7) is 2.17. The summed E-state index contributed by atoms with van der Waals surface area (Å²) in [5.41, 5.74) is 15.3. The molecule has 1 heterocycles. The molecule has 3 N–H and O–H groups in total. The van der Waals surface area contributed by atoms with Crippen molar-refractivity contribution in [2.45, 2.75) is 32.2 Å². The Bertz CT molecular complexity index is 743. The maximum absolute atomic E-state index is 6.50. The molecule has 2 aromatic rings. The number of nitrogens with two attached hydrogens (primary N) is 1. The van der Waals surface area contributed by atoms with Crippen LogP contribution in [0.5, 0.6) is 0 Å². The van der Waals surface area contributed by atoms with Gasteiger partial charge in [0.15, 0.2) is 0 Å². The molecule has 2 heteroatoms. The molecule has 21 heavy (non-hydrogen) atoms. The van der Waals surface area contributed by atoms with E-state index in [0.29, 0.717) is 0 Å². The predicted octanol–water partition coefficient (Wildman–Crippen LogP) is 4.17. The first-order valence-corrected chi connectivity index (χ1v) is 7.68. The number of para-hydroxylation sites is 1. The van der Waals surface area contributed by atoms with Crippen molar-refractivity contribution in [2.75, 3.05) is 5.32 Å². The molecule has 0 spiro atoms. The van der Waals surface area contributed by atoms with Gasteiger partial charge < -0.3 is 11.1 Å². The van der Waals surface area contributed by atoms with E-state index < -0.39 is 0 Å². The van der Waals surface area contributed by atoms with Gasteiger partial charge in [-0.05, 0) is 49.0 Å². The second kappa shape index (κ2) is 4.66. The normalized spacial score (nSPS) is 20.0. The summed E-state index contributed by atoms with van der Waals surface area (Å²) >= 11 is 0. The lowest BCUT2D eigenvalue weighted by Crippen LogP contribution is -2.22. The van der Waals surface area contributed by atoms with Crippen molar-refractivity contribution >= 4 is 11.4 Å². The van der Waals surface area contributed by atoms with Crippen LogP contribution in [0.2, 0.25) is 0 Å². The van der Waals surface area contributed by atoms with E-state index in [-0.39, 0.29) is 6.04 Å². The van der Waals surface area contributed by atoms with Crippen molar-refractivity contribution in [3.8, 4) is 0 Å². The molecule has 1 atom stereocenters. The summed E-state index contributed by atoms with van der Waals surface area (Å²) in [6.07, 6.45) is 3.39. The lowest BCUT2D eigenvalue weighted by molar-refractivity contribution is 0.789. The lowest BCUT2D eigenvalue weighted by Gasteiger charge is -2.31. The van der Waals surface area contributed by atoms with Crippen LogP contribution in [0.1, 0.15) is 41.1 Å². The molecule has 4 rings (SSSR count). The van der Waals surface area contributed by atoms with Gasteiger partial charge in [-0.3, -0.25) is 0 Å². The molecule has 0 saturated carbocycles. The third kappa shape index (κ3) is 1.94. The minimum absolute atomic E-state index is 0.234. The molecule has 0 aromatic heterocycles. The van der Waals surface area contributed by atoms with Crippen LogP contribution >= 0.6 is 0 Å². The zero-order valence-corrected chi connectivity index (χ0v) is 12.3. The third-order valence-corrected chi connectivity index (χ3v) is 4.71. The molecule has 1 aliphatic heterocycles. The first kappa shape index (κ1) is 12.5. The van der Waals surface area contributed by atoms with Crippen LogP contribution in [0, 0.1) is 6.92 Å². The Balaban J connectivity index is 1.91. The molecule has 0 bridgehead atoms. The summed E-state index contributed by atoms with van der Waals surface area (Å²) in [6, 6.07) is 15.4. The first-order chi connectivity index (χ1) is 10.2. The highest BCUT2D eigenvalue weighted by Crippen LogP contribution is 2.43. The standard InChI is InChI=1S/C19H20N2/c1-12-9-10-14-13(11-12)5-4-7-16-18(20)15-6-2-3-8-17(15)21-19(14)16/h2-3,6,8-11,19,21H,4-5,7,20H2,1H3. The molecule has 0 fully saturated rings. The van der Waals surface area contributed by atoms with Crippen molar-refractivity contribution in [3.05, 3.63) is 70.3 Å². The monoisotopic (exact) mass is 276 g/mol. The highest BCUT2D eigenvalue weighted by atomic mass is 15.0. The SMILES string of the molecule is Cc1ccc2c(c1)CCCC1=C(N)c3ccccc3NC12. The predicted molar refractivity (Wildman–Crippen MR) is 88.0 cm³/mol. The van der Waals surface area contributed by atoms with Crippen LogP contribution in [-0.2, 0) is 6.42 Å². The summed E-state index contributed by atoms with van der Waals surface area (Å²) in [7, 11) is 0. The van der Waals surface area contributed by atoms with Crippen LogP contribution in [0.3, 0.4) is 0 Å². The fourth-order valence-corrected chi connectivity index (χ4v) is 3.66.